The van der Waals surface area contributed by atoms with E-state index in [-0.39, 0.29) is 30.9 Å². The van der Waals surface area contributed by atoms with Gasteiger partial charge in [-0.15, -0.1) is 13.2 Å². The maximum Gasteiger partial charge on any atom is 0.249 e. The van der Waals surface area contributed by atoms with Crippen LogP contribution in [0.1, 0.15) is 47.5 Å². The molecule has 3 fully saturated rings. The number of para-hydroxylation sites is 1. The van der Waals surface area contributed by atoms with Crippen LogP contribution in [0.15, 0.2) is 55.6 Å². The molecule has 0 aliphatic carbocycles. The van der Waals surface area contributed by atoms with E-state index in [1.165, 1.54) is 4.90 Å². The first-order chi connectivity index (χ1) is 17.9. The van der Waals surface area contributed by atoms with Gasteiger partial charge in [0.1, 0.15) is 11.6 Å². The van der Waals surface area contributed by atoms with Gasteiger partial charge in [0.25, 0.3) is 0 Å². The highest BCUT2D eigenvalue weighted by molar-refractivity contribution is 6.03. The van der Waals surface area contributed by atoms with Crippen LogP contribution >= 0.6 is 0 Å². The van der Waals surface area contributed by atoms with E-state index in [4.69, 9.17) is 4.74 Å². The van der Waals surface area contributed by atoms with Gasteiger partial charge in [0.15, 0.2) is 0 Å². The average Bonchev–Trinajstić information content (AvgIpc) is 3.45. The minimum absolute atomic E-state index is 0.220. The fourth-order valence-corrected chi connectivity index (χ4v) is 6.78. The predicted molar refractivity (Wildman–Crippen MR) is 146 cm³/mol. The van der Waals surface area contributed by atoms with Crippen LogP contribution in [-0.2, 0) is 19.1 Å². The number of nitrogens with zero attached hydrogens (tertiary/aromatic N) is 3. The molecule has 3 amide bonds. The highest BCUT2D eigenvalue weighted by Gasteiger charge is 2.78. The molecule has 1 spiro atoms. The molecule has 0 radical (unpaired) electrons. The number of hydrogen-bond acceptors (Lipinski definition) is 5. The van der Waals surface area contributed by atoms with Crippen LogP contribution in [0.2, 0.25) is 0 Å². The summed E-state index contributed by atoms with van der Waals surface area (Å²) in [4.78, 5) is 47.7. The molecule has 8 heteroatoms. The smallest absolute Gasteiger partial charge is 0.249 e. The first-order valence-electron chi connectivity index (χ1n) is 13.4. The molecule has 3 aliphatic rings. The number of anilines is 1. The fraction of sp³-hybridized carbons (Fsp3) is 0.567. The maximum atomic E-state index is 14.3. The summed E-state index contributed by atoms with van der Waals surface area (Å²) in [5, 5.41) is 10.1. The number of ether oxygens (including phenoxy) is 1. The molecule has 206 valence electrons. The number of likely N-dealkylation sites (tertiary alicyclic amines) is 1. The highest BCUT2D eigenvalue weighted by Crippen LogP contribution is 2.64. The summed E-state index contributed by atoms with van der Waals surface area (Å²) >= 11 is 0. The monoisotopic (exact) mass is 523 g/mol. The number of carbonyl (C=O) groups excluding carboxylic acids is 3. The Morgan fingerprint density at radius 1 is 1.16 bits per heavy atom. The van der Waals surface area contributed by atoms with Crippen molar-refractivity contribution >= 4 is 23.4 Å². The van der Waals surface area contributed by atoms with Crippen molar-refractivity contribution in [1.82, 2.24) is 9.80 Å². The first-order valence-corrected chi connectivity index (χ1v) is 13.4. The molecule has 0 saturated carbocycles. The average molecular weight is 524 g/mol. The second-order valence-electron chi connectivity index (χ2n) is 12.0. The molecule has 6 atom stereocenters. The molecule has 3 heterocycles. The van der Waals surface area contributed by atoms with Crippen molar-refractivity contribution < 1.29 is 24.2 Å². The summed E-state index contributed by atoms with van der Waals surface area (Å²) in [5.41, 5.74) is -1.89. The summed E-state index contributed by atoms with van der Waals surface area (Å²) in [6.45, 7) is 17.4. The lowest BCUT2D eigenvalue weighted by Gasteiger charge is -2.43. The second-order valence-corrected chi connectivity index (χ2v) is 12.0. The standard InChI is InChI=1S/C30H41N3O5/c1-8-17-31(21-13-11-10-12-14-21)25(35)22-23-26(36)33(20(3)19-34)24(30(23)16-15-29(22,7)38-30)27(37)32(18-9-2)28(4,5)6/h8-14,20,22-24,34H,1-2,15-19H2,3-7H3/t20-,22+,23+,24?,29-,30?/m1/s1. The van der Waals surface area contributed by atoms with Crippen molar-refractivity contribution in [2.45, 2.75) is 76.3 Å². The summed E-state index contributed by atoms with van der Waals surface area (Å²) in [6, 6.07) is 7.74. The van der Waals surface area contributed by atoms with Crippen LogP contribution in [0.4, 0.5) is 5.69 Å². The van der Waals surface area contributed by atoms with Crippen LogP contribution in [0.3, 0.4) is 0 Å². The van der Waals surface area contributed by atoms with E-state index >= 15 is 0 Å². The quantitative estimate of drug-likeness (QED) is 0.502. The minimum atomic E-state index is -1.16. The van der Waals surface area contributed by atoms with Crippen LogP contribution in [0.5, 0.6) is 0 Å². The number of carbonyl (C=O) groups is 3. The molecule has 1 N–H and O–H groups in total. The van der Waals surface area contributed by atoms with Gasteiger partial charge in [-0.1, -0.05) is 30.4 Å². The molecule has 38 heavy (non-hydrogen) atoms. The van der Waals surface area contributed by atoms with E-state index in [1.807, 2.05) is 58.0 Å². The SMILES string of the molecule is C=CCN(C(=O)[C@@H]1[C@H]2C(=O)N([C@H](C)CO)C(C(=O)N(CC=C)C(C)(C)C)C23CC[C@@]1(C)O3)c1ccccc1. The van der Waals surface area contributed by atoms with E-state index in [1.54, 1.807) is 28.9 Å². The van der Waals surface area contributed by atoms with Gasteiger partial charge in [-0.3, -0.25) is 14.4 Å². The molecular formula is C30H41N3O5. The molecular weight excluding hydrogens is 482 g/mol. The zero-order chi connectivity index (χ0) is 28.0. The number of aliphatic hydroxyl groups excluding tert-OH is 1. The van der Waals surface area contributed by atoms with Gasteiger partial charge in [0.05, 0.1) is 30.1 Å². The Hall–Kier alpha value is -2.97. The summed E-state index contributed by atoms with van der Waals surface area (Å²) in [7, 11) is 0. The van der Waals surface area contributed by atoms with Crippen molar-refractivity contribution in [3.05, 3.63) is 55.6 Å². The molecule has 3 saturated heterocycles. The number of amides is 3. The molecule has 3 aliphatic heterocycles. The molecule has 2 unspecified atom stereocenters. The normalized spacial score (nSPS) is 30.6. The lowest BCUT2D eigenvalue weighted by molar-refractivity contribution is -0.157. The third-order valence-corrected chi connectivity index (χ3v) is 8.49. The van der Waals surface area contributed by atoms with Gasteiger partial charge >= 0.3 is 0 Å². The van der Waals surface area contributed by atoms with E-state index in [0.29, 0.717) is 25.1 Å². The number of hydrogen-bond donors (Lipinski definition) is 1. The lowest BCUT2D eigenvalue weighted by atomic mass is 9.66. The third kappa shape index (κ3) is 4.18. The Kier molecular flexibility index (Phi) is 7.36. The van der Waals surface area contributed by atoms with Crippen LogP contribution in [0.25, 0.3) is 0 Å². The van der Waals surface area contributed by atoms with Crippen molar-refractivity contribution in [3.63, 3.8) is 0 Å². The summed E-state index contributed by atoms with van der Waals surface area (Å²) in [6.07, 6.45) is 4.36. The molecule has 0 aromatic heterocycles. The molecule has 4 rings (SSSR count). The Balaban J connectivity index is 1.83. The summed E-state index contributed by atoms with van der Waals surface area (Å²) < 4.78 is 6.75. The van der Waals surface area contributed by atoms with Gasteiger partial charge < -0.3 is 24.5 Å². The van der Waals surface area contributed by atoms with Crippen molar-refractivity contribution in [2.24, 2.45) is 11.8 Å². The van der Waals surface area contributed by atoms with Crippen LogP contribution in [-0.4, -0.2) is 81.1 Å². The summed E-state index contributed by atoms with van der Waals surface area (Å²) in [5.74, 6) is -2.40. The van der Waals surface area contributed by atoms with Crippen LogP contribution in [0, 0.1) is 11.8 Å². The predicted octanol–water partition coefficient (Wildman–Crippen LogP) is 3.16. The van der Waals surface area contributed by atoms with Crippen molar-refractivity contribution in [1.29, 1.82) is 0 Å². The van der Waals surface area contributed by atoms with Gasteiger partial charge in [0, 0.05) is 24.3 Å². The topological polar surface area (TPSA) is 90.4 Å². The van der Waals surface area contributed by atoms with Crippen molar-refractivity contribution in [3.8, 4) is 0 Å². The van der Waals surface area contributed by atoms with Gasteiger partial charge in [-0.05, 0) is 59.6 Å². The second kappa shape index (κ2) is 9.97. The first kappa shape index (κ1) is 28.0. The number of fused-ring (bicyclic) bond motifs is 1. The van der Waals surface area contributed by atoms with Gasteiger partial charge in [-0.2, -0.15) is 0 Å². The largest absolute Gasteiger partial charge is 0.394 e. The zero-order valence-electron chi connectivity index (χ0n) is 23.2. The van der Waals surface area contributed by atoms with Gasteiger partial charge in [0.2, 0.25) is 17.7 Å². The Labute approximate surface area is 225 Å². The van der Waals surface area contributed by atoms with E-state index < -0.39 is 40.7 Å². The molecule has 8 nitrogen and oxygen atoms in total. The van der Waals surface area contributed by atoms with Crippen molar-refractivity contribution in [2.75, 3.05) is 24.6 Å². The van der Waals surface area contributed by atoms with E-state index in [9.17, 15) is 19.5 Å². The van der Waals surface area contributed by atoms with Gasteiger partial charge in [-0.25, -0.2) is 0 Å². The third-order valence-electron chi connectivity index (χ3n) is 8.49. The number of benzene rings is 1. The Morgan fingerprint density at radius 3 is 2.34 bits per heavy atom. The molecule has 1 aromatic rings. The van der Waals surface area contributed by atoms with Crippen LogP contribution < -0.4 is 4.90 Å². The minimum Gasteiger partial charge on any atom is -0.394 e. The lowest BCUT2D eigenvalue weighted by Crippen LogP contribution is -2.61. The fourth-order valence-electron chi connectivity index (χ4n) is 6.78. The number of rotatable bonds is 9. The molecule has 2 bridgehead atoms. The Morgan fingerprint density at radius 2 is 1.79 bits per heavy atom. The number of aliphatic hydroxyl groups is 1. The van der Waals surface area contributed by atoms with E-state index in [0.717, 1.165) is 0 Å². The zero-order valence-corrected chi connectivity index (χ0v) is 23.2. The Bertz CT molecular complexity index is 1110. The maximum absolute atomic E-state index is 14.3. The molecule has 1 aromatic carbocycles. The highest BCUT2D eigenvalue weighted by atomic mass is 16.5. The van der Waals surface area contributed by atoms with E-state index in [2.05, 4.69) is 13.2 Å².